The Balaban J connectivity index is 0.000000956. The fourth-order valence-corrected chi connectivity index (χ4v) is 3.32. The second kappa shape index (κ2) is 7.24. The van der Waals surface area contributed by atoms with Gasteiger partial charge in [0.25, 0.3) is 0 Å². The molecule has 2 heteroatoms. The average Bonchev–Trinajstić information content (AvgIpc) is 2.51. The van der Waals surface area contributed by atoms with Gasteiger partial charge in [-0.15, -0.1) is 0 Å². The molecule has 0 radical (unpaired) electrons. The minimum absolute atomic E-state index is 0.157. The van der Waals surface area contributed by atoms with Gasteiger partial charge in [-0.1, -0.05) is 58.0 Å². The minimum Gasteiger partial charge on any atom is -0.313 e. The third-order valence-corrected chi connectivity index (χ3v) is 5.01. The molecule has 1 fully saturated rings. The molecule has 0 spiro atoms. The Labute approximate surface area is 125 Å². The lowest BCUT2D eigenvalue weighted by molar-refractivity contribution is 0.0998. The van der Waals surface area contributed by atoms with E-state index < -0.39 is 0 Å². The number of piperidine rings is 1. The van der Waals surface area contributed by atoms with E-state index in [2.05, 4.69) is 68.5 Å². The van der Waals surface area contributed by atoms with Crippen molar-refractivity contribution in [2.75, 3.05) is 27.2 Å². The highest BCUT2D eigenvalue weighted by Crippen LogP contribution is 2.41. The Morgan fingerprint density at radius 3 is 2.00 bits per heavy atom. The molecule has 1 aliphatic rings. The number of nitrogens with one attached hydrogen (secondary N) is 1. The first-order chi connectivity index (χ1) is 9.52. The topological polar surface area (TPSA) is 15.3 Å². The zero-order valence-corrected chi connectivity index (χ0v) is 14.2. The van der Waals surface area contributed by atoms with Crippen molar-refractivity contribution in [2.24, 2.45) is 0 Å². The molecule has 1 heterocycles. The molecule has 114 valence electrons. The molecule has 2 nitrogen and oxygen atoms in total. The molecule has 1 N–H and O–H groups in total. The zero-order valence-electron chi connectivity index (χ0n) is 14.2. The largest absolute Gasteiger partial charge is 0.313 e. The van der Waals surface area contributed by atoms with Gasteiger partial charge in [0.15, 0.2) is 0 Å². The Morgan fingerprint density at radius 2 is 1.55 bits per heavy atom. The molecule has 0 saturated carbocycles. The van der Waals surface area contributed by atoms with E-state index in [1.807, 2.05) is 13.8 Å². The summed E-state index contributed by atoms with van der Waals surface area (Å²) in [5.41, 5.74) is 1.80. The number of likely N-dealkylation sites (tertiary alicyclic amines) is 1. The Hall–Kier alpha value is -0.860. The second-order valence-corrected chi connectivity index (χ2v) is 6.13. The lowest BCUT2D eigenvalue weighted by Gasteiger charge is -2.51. The number of likely N-dealkylation sites (N-methyl/N-ethyl adjacent to an activating group) is 1. The van der Waals surface area contributed by atoms with Crippen LogP contribution in [0, 0.1) is 0 Å². The van der Waals surface area contributed by atoms with Gasteiger partial charge in [-0.25, -0.2) is 0 Å². The first kappa shape index (κ1) is 17.2. The first-order valence-corrected chi connectivity index (χ1v) is 7.95. The van der Waals surface area contributed by atoms with Crippen molar-refractivity contribution >= 4 is 0 Å². The van der Waals surface area contributed by atoms with Crippen LogP contribution in [0.25, 0.3) is 0 Å². The van der Waals surface area contributed by atoms with E-state index in [9.17, 15) is 0 Å². The Kier molecular flexibility index (Phi) is 6.22. The summed E-state index contributed by atoms with van der Waals surface area (Å²) < 4.78 is 0. The molecule has 1 aromatic rings. The molecule has 0 aromatic heterocycles. The van der Waals surface area contributed by atoms with Crippen LogP contribution >= 0.6 is 0 Å². The molecule has 0 unspecified atom stereocenters. The van der Waals surface area contributed by atoms with Crippen LogP contribution in [0.5, 0.6) is 0 Å². The average molecular weight is 276 g/mol. The molecule has 20 heavy (non-hydrogen) atoms. The van der Waals surface area contributed by atoms with Gasteiger partial charge >= 0.3 is 0 Å². The monoisotopic (exact) mass is 276 g/mol. The normalized spacial score (nSPS) is 19.1. The smallest absolute Gasteiger partial charge is 0.0294 e. The number of hydrogen-bond acceptors (Lipinski definition) is 2. The predicted octanol–water partition coefficient (Wildman–Crippen LogP) is 3.67. The van der Waals surface area contributed by atoms with Crippen LogP contribution in [-0.2, 0) is 5.41 Å². The summed E-state index contributed by atoms with van der Waals surface area (Å²) in [6, 6.07) is 10.9. The van der Waals surface area contributed by atoms with E-state index in [1.54, 1.807) is 0 Å². The second-order valence-electron chi connectivity index (χ2n) is 6.13. The summed E-state index contributed by atoms with van der Waals surface area (Å²) in [6.45, 7) is 11.1. The molecule has 1 aliphatic heterocycles. The standard InChI is InChI=1S/C16H26N2.C2H6/c1-15(2,14-8-6-5-7-9-14)16(17-3)10-12-18(4)13-11-16;1-2/h5-9,17H,10-13H2,1-4H3;1-2H3. The summed E-state index contributed by atoms with van der Waals surface area (Å²) in [4.78, 5) is 2.43. The van der Waals surface area contributed by atoms with Gasteiger partial charge in [0.05, 0.1) is 0 Å². The maximum Gasteiger partial charge on any atom is 0.0294 e. The first-order valence-electron chi connectivity index (χ1n) is 7.95. The third kappa shape index (κ3) is 3.24. The lowest BCUT2D eigenvalue weighted by atomic mass is 9.63. The zero-order chi connectivity index (χ0) is 15.2. The highest BCUT2D eigenvalue weighted by Gasteiger charge is 2.45. The quantitative estimate of drug-likeness (QED) is 0.906. The molecular weight excluding hydrogens is 244 g/mol. The van der Waals surface area contributed by atoms with Crippen molar-refractivity contribution < 1.29 is 0 Å². The van der Waals surface area contributed by atoms with Crippen molar-refractivity contribution in [3.8, 4) is 0 Å². The van der Waals surface area contributed by atoms with Crippen LogP contribution in [0.3, 0.4) is 0 Å². The molecule has 2 rings (SSSR count). The van der Waals surface area contributed by atoms with Gasteiger partial charge < -0.3 is 10.2 Å². The maximum absolute atomic E-state index is 3.65. The van der Waals surface area contributed by atoms with Crippen LogP contribution in [0.1, 0.15) is 46.1 Å². The molecule has 0 aliphatic carbocycles. The Bertz CT molecular complexity index is 376. The summed E-state index contributed by atoms with van der Waals surface area (Å²) >= 11 is 0. The highest BCUT2D eigenvalue weighted by atomic mass is 15.1. The van der Waals surface area contributed by atoms with Gasteiger partial charge in [0, 0.05) is 11.0 Å². The van der Waals surface area contributed by atoms with Crippen LogP contribution in [0.4, 0.5) is 0 Å². The van der Waals surface area contributed by atoms with Gasteiger partial charge in [-0.3, -0.25) is 0 Å². The molecule has 0 amide bonds. The van der Waals surface area contributed by atoms with Crippen LogP contribution in [-0.4, -0.2) is 37.6 Å². The van der Waals surface area contributed by atoms with E-state index >= 15 is 0 Å². The SMILES string of the molecule is CC.CNC1(C(C)(C)c2ccccc2)CCN(C)CC1. The highest BCUT2D eigenvalue weighted by molar-refractivity contribution is 5.29. The minimum atomic E-state index is 0.157. The van der Waals surface area contributed by atoms with E-state index in [0.717, 1.165) is 0 Å². The number of hydrogen-bond donors (Lipinski definition) is 1. The van der Waals surface area contributed by atoms with Crippen LogP contribution in [0.15, 0.2) is 30.3 Å². The fraction of sp³-hybridized carbons (Fsp3) is 0.667. The summed E-state index contributed by atoms with van der Waals surface area (Å²) in [7, 11) is 4.34. The van der Waals surface area contributed by atoms with Gasteiger partial charge in [-0.05, 0) is 45.6 Å². The van der Waals surface area contributed by atoms with Crippen molar-refractivity contribution in [2.45, 2.75) is 51.5 Å². The van der Waals surface area contributed by atoms with Crippen molar-refractivity contribution in [1.82, 2.24) is 10.2 Å². The maximum atomic E-state index is 3.65. The van der Waals surface area contributed by atoms with E-state index in [0.29, 0.717) is 0 Å². The number of rotatable bonds is 3. The summed E-state index contributed by atoms with van der Waals surface area (Å²) in [5, 5.41) is 3.65. The van der Waals surface area contributed by atoms with Gasteiger partial charge in [0.2, 0.25) is 0 Å². The molecule has 0 atom stereocenters. The van der Waals surface area contributed by atoms with Crippen molar-refractivity contribution in [1.29, 1.82) is 0 Å². The summed E-state index contributed by atoms with van der Waals surface area (Å²) in [6.07, 6.45) is 2.42. The number of nitrogens with zero attached hydrogens (tertiary/aromatic N) is 1. The molecule has 1 aromatic carbocycles. The van der Waals surface area contributed by atoms with E-state index in [4.69, 9.17) is 0 Å². The van der Waals surface area contributed by atoms with Gasteiger partial charge in [-0.2, -0.15) is 0 Å². The van der Waals surface area contributed by atoms with E-state index in [-0.39, 0.29) is 11.0 Å². The van der Waals surface area contributed by atoms with Gasteiger partial charge in [0.1, 0.15) is 0 Å². The van der Waals surface area contributed by atoms with Crippen molar-refractivity contribution in [3.63, 3.8) is 0 Å². The molecular formula is C18H32N2. The Morgan fingerprint density at radius 1 is 1.05 bits per heavy atom. The van der Waals surface area contributed by atoms with Crippen LogP contribution < -0.4 is 5.32 Å². The van der Waals surface area contributed by atoms with Crippen molar-refractivity contribution in [3.05, 3.63) is 35.9 Å². The fourth-order valence-electron chi connectivity index (χ4n) is 3.32. The van der Waals surface area contributed by atoms with Crippen LogP contribution in [0.2, 0.25) is 0 Å². The molecule has 1 saturated heterocycles. The van der Waals surface area contributed by atoms with E-state index in [1.165, 1.54) is 31.5 Å². The third-order valence-electron chi connectivity index (χ3n) is 5.01. The summed E-state index contributed by atoms with van der Waals surface area (Å²) in [5.74, 6) is 0. The molecule has 0 bridgehead atoms. The lowest BCUT2D eigenvalue weighted by Crippen LogP contribution is -2.61. The number of benzene rings is 1. The predicted molar refractivity (Wildman–Crippen MR) is 89.3 cm³/mol.